The number of rotatable bonds is 1. The average Bonchev–Trinajstić information content (AvgIpc) is 1.68. The molecule has 0 heterocycles. The predicted octanol–water partition coefficient (Wildman–Crippen LogP) is -0.249. The van der Waals surface area contributed by atoms with Crippen molar-refractivity contribution < 1.29 is 5.11 Å². The van der Waals surface area contributed by atoms with Gasteiger partial charge in [-0.2, -0.15) is 0 Å². The van der Waals surface area contributed by atoms with Crippen LogP contribution in [-0.4, -0.2) is 17.3 Å². The fourth-order valence-electron chi connectivity index (χ4n) is 0.0456. The van der Waals surface area contributed by atoms with Crippen LogP contribution in [0, 0.1) is 12.3 Å². The molecule has 0 saturated heterocycles. The average molecular weight is 136 g/mol. The van der Waals surface area contributed by atoms with Crippen LogP contribution < -0.4 is 5.73 Å². The molecule has 0 radical (unpaired) electrons. The fourth-order valence-corrected chi connectivity index (χ4v) is 0.0456. The molecule has 0 saturated carbocycles. The molecule has 0 fully saturated rings. The molecule has 0 bridgehead atoms. The van der Waals surface area contributed by atoms with Gasteiger partial charge in [0.25, 0.3) is 0 Å². The second-order valence-corrected chi connectivity index (χ2v) is 1.72. The lowest BCUT2D eigenvalue weighted by molar-refractivity contribution is 0.243. The third-order valence-corrected chi connectivity index (χ3v) is 0.658. The van der Waals surface area contributed by atoms with E-state index in [9.17, 15) is 0 Å². The van der Waals surface area contributed by atoms with Gasteiger partial charge >= 0.3 is 0 Å². The summed E-state index contributed by atoms with van der Waals surface area (Å²) in [7, 11) is 0. The summed E-state index contributed by atoms with van der Waals surface area (Å²) in [4.78, 5) is 0. The van der Waals surface area contributed by atoms with E-state index in [1.54, 1.807) is 6.92 Å². The third kappa shape index (κ3) is 3.94. The molecule has 0 aromatic carbocycles. The van der Waals surface area contributed by atoms with Crippen molar-refractivity contribution in [3.8, 4) is 12.3 Å². The van der Waals surface area contributed by atoms with E-state index in [0.29, 0.717) is 0 Å². The molecule has 0 aliphatic carbocycles. The minimum Gasteiger partial charge on any atom is -0.393 e. The van der Waals surface area contributed by atoms with Crippen LogP contribution in [0.2, 0.25) is 0 Å². The van der Waals surface area contributed by atoms with Gasteiger partial charge in [-0.3, -0.25) is 0 Å². The molecule has 0 spiro atoms. The Labute approximate surface area is 55.5 Å². The van der Waals surface area contributed by atoms with Gasteiger partial charge in [-0.25, -0.2) is 0 Å². The minimum atomic E-state index is -0.833. The maximum Gasteiger partial charge on any atom is 0.0978 e. The Bertz CT molecular complexity index is 95.1. The molecule has 0 aromatic heterocycles. The first-order valence-corrected chi connectivity index (χ1v) is 2.00. The van der Waals surface area contributed by atoms with E-state index in [1.807, 2.05) is 0 Å². The van der Waals surface area contributed by atoms with Gasteiger partial charge in [0.05, 0.1) is 12.1 Å². The number of hydrogen-bond donors (Lipinski definition) is 2. The number of hydrogen-bond acceptors (Lipinski definition) is 2. The monoisotopic (exact) mass is 135 g/mol. The van der Waals surface area contributed by atoms with Crippen LogP contribution in [-0.2, 0) is 0 Å². The van der Waals surface area contributed by atoms with E-state index in [1.165, 1.54) is 0 Å². The van der Waals surface area contributed by atoms with Crippen molar-refractivity contribution in [1.29, 1.82) is 0 Å². The van der Waals surface area contributed by atoms with Crippen molar-refractivity contribution in [2.45, 2.75) is 12.5 Å². The van der Waals surface area contributed by atoms with Gasteiger partial charge in [-0.05, 0) is 6.92 Å². The Hall–Kier alpha value is -0.230. The molecule has 2 nitrogen and oxygen atoms in total. The molecule has 48 valence electrons. The van der Waals surface area contributed by atoms with Crippen molar-refractivity contribution in [1.82, 2.24) is 0 Å². The Morgan fingerprint density at radius 1 is 1.88 bits per heavy atom. The second kappa shape index (κ2) is 3.73. The van der Waals surface area contributed by atoms with Crippen molar-refractivity contribution in [3.05, 3.63) is 0 Å². The molecule has 0 aliphatic rings. The van der Waals surface area contributed by atoms with Gasteiger partial charge in [0, 0.05) is 0 Å². The molecule has 1 atom stereocenters. The Morgan fingerprint density at radius 2 is 2.25 bits per heavy atom. The third-order valence-electron chi connectivity index (χ3n) is 0.658. The normalized spacial score (nSPS) is 15.2. The maximum atomic E-state index is 8.33. The van der Waals surface area contributed by atoms with E-state index >= 15 is 0 Å². The van der Waals surface area contributed by atoms with Crippen LogP contribution in [0.3, 0.4) is 0 Å². The predicted molar refractivity (Wildman–Crippen MR) is 35.8 cm³/mol. The first-order valence-electron chi connectivity index (χ1n) is 2.00. The summed E-state index contributed by atoms with van der Waals surface area (Å²) in [5.74, 6) is 2.22. The lowest BCUT2D eigenvalue weighted by Gasteiger charge is -2.11. The van der Waals surface area contributed by atoms with Crippen molar-refractivity contribution in [3.63, 3.8) is 0 Å². The fraction of sp³-hybridized carbons (Fsp3) is 0.600. The SMILES string of the molecule is C#C[C@@](C)(N)CO.Cl. The lowest BCUT2D eigenvalue weighted by atomic mass is 10.1. The number of terminal acetylenes is 1. The second-order valence-electron chi connectivity index (χ2n) is 1.72. The summed E-state index contributed by atoms with van der Waals surface area (Å²) in [5.41, 5.74) is 4.40. The smallest absolute Gasteiger partial charge is 0.0978 e. The van der Waals surface area contributed by atoms with Crippen LogP contribution in [0.1, 0.15) is 6.92 Å². The van der Waals surface area contributed by atoms with Gasteiger partial charge in [-0.15, -0.1) is 18.8 Å². The highest BCUT2D eigenvalue weighted by atomic mass is 35.5. The van der Waals surface area contributed by atoms with Crippen LogP contribution in [0.5, 0.6) is 0 Å². The summed E-state index contributed by atoms with van der Waals surface area (Å²) in [6, 6.07) is 0. The van der Waals surface area contributed by atoms with Gasteiger partial charge < -0.3 is 10.8 Å². The minimum absolute atomic E-state index is 0. The highest BCUT2D eigenvalue weighted by Crippen LogP contribution is 1.90. The van der Waals surface area contributed by atoms with Crippen LogP contribution >= 0.6 is 12.4 Å². The van der Waals surface area contributed by atoms with Crippen LogP contribution in [0.15, 0.2) is 0 Å². The van der Waals surface area contributed by atoms with E-state index < -0.39 is 5.54 Å². The molecule has 8 heavy (non-hydrogen) atoms. The quantitative estimate of drug-likeness (QED) is 0.487. The lowest BCUT2D eigenvalue weighted by Crippen LogP contribution is -2.37. The number of aliphatic hydroxyl groups is 1. The molecule has 0 rings (SSSR count). The Kier molecular flexibility index (Phi) is 4.99. The molecule has 3 heteroatoms. The van der Waals surface area contributed by atoms with Crippen LogP contribution in [0.25, 0.3) is 0 Å². The molecular weight excluding hydrogens is 126 g/mol. The number of aliphatic hydroxyl groups excluding tert-OH is 1. The molecule has 0 unspecified atom stereocenters. The zero-order valence-electron chi connectivity index (χ0n) is 4.72. The summed E-state index contributed by atoms with van der Waals surface area (Å²) >= 11 is 0. The highest BCUT2D eigenvalue weighted by molar-refractivity contribution is 5.85. The van der Waals surface area contributed by atoms with E-state index in [2.05, 4.69) is 5.92 Å². The topological polar surface area (TPSA) is 46.2 Å². The van der Waals surface area contributed by atoms with Gasteiger partial charge in [0.15, 0.2) is 0 Å². The molecule has 0 aromatic rings. The Morgan fingerprint density at radius 3 is 2.25 bits per heavy atom. The summed E-state index contributed by atoms with van der Waals surface area (Å²) in [5, 5.41) is 8.33. The summed E-state index contributed by atoms with van der Waals surface area (Å²) < 4.78 is 0. The zero-order valence-corrected chi connectivity index (χ0v) is 5.53. The van der Waals surface area contributed by atoms with Gasteiger partial charge in [0.1, 0.15) is 0 Å². The molecular formula is C5H10ClNO. The van der Waals surface area contributed by atoms with Crippen molar-refractivity contribution in [2.75, 3.05) is 6.61 Å². The van der Waals surface area contributed by atoms with Crippen molar-refractivity contribution in [2.24, 2.45) is 5.73 Å². The molecule has 3 N–H and O–H groups in total. The van der Waals surface area contributed by atoms with Crippen molar-refractivity contribution >= 4 is 12.4 Å². The first kappa shape index (κ1) is 10.7. The number of halogens is 1. The summed E-state index contributed by atoms with van der Waals surface area (Å²) in [6.07, 6.45) is 4.88. The van der Waals surface area contributed by atoms with Gasteiger partial charge in [0.2, 0.25) is 0 Å². The van der Waals surface area contributed by atoms with E-state index in [-0.39, 0.29) is 19.0 Å². The molecule has 0 aliphatic heterocycles. The first-order chi connectivity index (χ1) is 3.12. The maximum absolute atomic E-state index is 8.33. The Balaban J connectivity index is 0. The number of nitrogens with two attached hydrogens (primary N) is 1. The van der Waals surface area contributed by atoms with Gasteiger partial charge in [-0.1, -0.05) is 5.92 Å². The highest BCUT2D eigenvalue weighted by Gasteiger charge is 2.10. The van der Waals surface area contributed by atoms with E-state index in [4.69, 9.17) is 17.3 Å². The van der Waals surface area contributed by atoms with E-state index in [0.717, 1.165) is 0 Å². The van der Waals surface area contributed by atoms with Crippen LogP contribution in [0.4, 0.5) is 0 Å². The largest absolute Gasteiger partial charge is 0.393 e. The molecule has 0 amide bonds. The summed E-state index contributed by atoms with van der Waals surface area (Å²) in [6.45, 7) is 1.43. The standard InChI is InChI=1S/C5H9NO.ClH/c1-3-5(2,6)4-7;/h1,7H,4,6H2,2H3;1H/t5-;/m1./s1. The zero-order chi connectivity index (χ0) is 5.91.